The van der Waals surface area contributed by atoms with E-state index in [2.05, 4.69) is 30.5 Å². The van der Waals surface area contributed by atoms with Crippen molar-refractivity contribution < 1.29 is 23.5 Å². The molecule has 0 radical (unpaired) electrons. The van der Waals surface area contributed by atoms with Gasteiger partial charge >= 0.3 is 7.60 Å². The molecule has 1 aliphatic rings. The molecule has 0 spiro atoms. The third-order valence-corrected chi connectivity index (χ3v) is 9.29. The number of nitrogens with zero attached hydrogens (tertiary/aromatic N) is 1. The van der Waals surface area contributed by atoms with E-state index in [0.29, 0.717) is 17.7 Å². The summed E-state index contributed by atoms with van der Waals surface area (Å²) in [5.74, 6) is -0.685. The number of carbonyl (C=O) groups is 1. The van der Waals surface area contributed by atoms with Crippen LogP contribution in [-0.2, 0) is 23.8 Å². The average molecular weight is 574 g/mol. The molecular formula is C29H40N3O5PS. The number of carbonyl (C=O) groups excluding carboxylic acids is 1. The fraction of sp³-hybridized carbons (Fsp3) is 0.448. The summed E-state index contributed by atoms with van der Waals surface area (Å²) in [6.07, 6.45) is 3.22. The summed E-state index contributed by atoms with van der Waals surface area (Å²) in [4.78, 5) is 18.7. The summed E-state index contributed by atoms with van der Waals surface area (Å²) in [6, 6.07) is 12.4. The van der Waals surface area contributed by atoms with Gasteiger partial charge in [0.1, 0.15) is 17.2 Å². The number of Topliss-reactive ketones (excluding diaryl/α,β-unsaturated/α-hetero) is 1. The van der Waals surface area contributed by atoms with Crippen molar-refractivity contribution in [1.29, 1.82) is 0 Å². The predicted octanol–water partition coefficient (Wildman–Crippen LogP) is 6.89. The van der Waals surface area contributed by atoms with E-state index in [1.54, 1.807) is 38.1 Å². The molecule has 0 saturated carbocycles. The zero-order valence-electron chi connectivity index (χ0n) is 23.8. The minimum absolute atomic E-state index is 0.00239. The molecule has 2 aromatic rings. The van der Waals surface area contributed by atoms with Gasteiger partial charge in [-0.1, -0.05) is 57.0 Å². The summed E-state index contributed by atoms with van der Waals surface area (Å²) >= 11 is 1.38. The molecular weight excluding hydrogens is 533 g/mol. The molecule has 212 valence electrons. The van der Waals surface area contributed by atoms with Crippen molar-refractivity contribution in [1.82, 2.24) is 0 Å². The Hall–Kier alpha value is -2.58. The van der Waals surface area contributed by atoms with E-state index in [1.807, 2.05) is 31.4 Å². The highest BCUT2D eigenvalue weighted by molar-refractivity contribution is 7.99. The topological polar surface area (TPSA) is 123 Å². The van der Waals surface area contributed by atoms with Crippen LogP contribution in [0.5, 0.6) is 0 Å². The summed E-state index contributed by atoms with van der Waals surface area (Å²) in [5, 5.41) is 11.5. The SMILES string of the molecule is CCOP(=O)(OCC)c1cc(NSC)ccc1N=C(N)C1=C(O)c2ccccc2C(C)(CCC(C)(C)C)C1=O. The monoisotopic (exact) mass is 573 g/mol. The van der Waals surface area contributed by atoms with E-state index in [1.165, 1.54) is 11.9 Å². The summed E-state index contributed by atoms with van der Waals surface area (Å²) in [5.41, 5.74) is 7.76. The van der Waals surface area contributed by atoms with Gasteiger partial charge < -0.3 is 24.6 Å². The maximum atomic E-state index is 14.1. The smallest absolute Gasteiger partial charge is 0.363 e. The normalized spacial score (nSPS) is 18.3. The van der Waals surface area contributed by atoms with Gasteiger partial charge in [0.05, 0.1) is 29.6 Å². The number of nitrogens with two attached hydrogens (primary N) is 1. The highest BCUT2D eigenvalue weighted by Crippen LogP contribution is 2.50. The summed E-state index contributed by atoms with van der Waals surface area (Å²) in [6.45, 7) is 12.1. The number of amidine groups is 1. The highest BCUT2D eigenvalue weighted by Gasteiger charge is 2.45. The van der Waals surface area contributed by atoms with Gasteiger partial charge in [-0.2, -0.15) is 0 Å². The van der Waals surface area contributed by atoms with E-state index in [9.17, 15) is 14.5 Å². The van der Waals surface area contributed by atoms with Crippen molar-refractivity contribution in [2.24, 2.45) is 16.1 Å². The number of benzene rings is 2. The largest absolute Gasteiger partial charge is 0.506 e. The maximum absolute atomic E-state index is 14.1. The molecule has 0 aromatic heterocycles. The Morgan fingerprint density at radius 3 is 2.38 bits per heavy atom. The van der Waals surface area contributed by atoms with Gasteiger partial charge in [-0.25, -0.2) is 4.99 Å². The molecule has 0 heterocycles. The molecule has 0 bridgehead atoms. The van der Waals surface area contributed by atoms with Gasteiger partial charge in [0, 0.05) is 17.5 Å². The van der Waals surface area contributed by atoms with Crippen LogP contribution >= 0.6 is 19.5 Å². The number of aliphatic imine (C=N–C) groups is 1. The van der Waals surface area contributed by atoms with Gasteiger partial charge in [0.2, 0.25) is 0 Å². The Morgan fingerprint density at radius 2 is 1.79 bits per heavy atom. The van der Waals surface area contributed by atoms with Crippen LogP contribution in [0.3, 0.4) is 0 Å². The van der Waals surface area contributed by atoms with Crippen LogP contribution < -0.4 is 15.8 Å². The van der Waals surface area contributed by atoms with Crippen LogP contribution in [0.2, 0.25) is 0 Å². The first-order valence-corrected chi connectivity index (χ1v) is 15.8. The standard InChI is InChI=1S/C29H40N3O5PS/c1-8-36-38(35,37-9-2)23-18-19(32-39-7)14-15-22(23)31-27(30)24-25(33)20-12-10-11-13-21(20)29(6,26(24)34)17-16-28(3,4)5/h10-15,18,32-33H,8-9,16-17H2,1-7H3,(H2,30,31). The van der Waals surface area contributed by atoms with Gasteiger partial charge in [0.25, 0.3) is 0 Å². The average Bonchev–Trinajstić information content (AvgIpc) is 2.87. The molecule has 39 heavy (non-hydrogen) atoms. The van der Waals surface area contributed by atoms with E-state index >= 15 is 0 Å². The lowest BCUT2D eigenvalue weighted by atomic mass is 9.65. The van der Waals surface area contributed by atoms with E-state index in [-0.39, 0.29) is 52.6 Å². The van der Waals surface area contributed by atoms with Gasteiger partial charge in [0.15, 0.2) is 5.78 Å². The first kappa shape index (κ1) is 31.0. The van der Waals surface area contributed by atoms with Crippen molar-refractivity contribution in [3.8, 4) is 0 Å². The van der Waals surface area contributed by atoms with Crippen molar-refractivity contribution >= 4 is 53.6 Å². The molecule has 8 nitrogen and oxygen atoms in total. The number of nitrogens with one attached hydrogen (secondary N) is 1. The molecule has 2 aromatic carbocycles. The Kier molecular flexibility index (Phi) is 9.76. The van der Waals surface area contributed by atoms with Crippen molar-refractivity contribution in [3.05, 3.63) is 59.2 Å². The lowest BCUT2D eigenvalue weighted by Gasteiger charge is -2.37. The fourth-order valence-corrected chi connectivity index (χ4v) is 6.74. The number of anilines is 1. The first-order valence-electron chi connectivity index (χ1n) is 13.1. The summed E-state index contributed by atoms with van der Waals surface area (Å²) in [7, 11) is -3.77. The molecule has 0 aliphatic heterocycles. The number of ketones is 1. The van der Waals surface area contributed by atoms with Crippen LogP contribution in [0.15, 0.2) is 53.0 Å². The van der Waals surface area contributed by atoms with Crippen molar-refractivity contribution in [2.45, 2.75) is 59.8 Å². The second-order valence-electron chi connectivity index (χ2n) is 10.8. The molecule has 0 fully saturated rings. The van der Waals surface area contributed by atoms with Crippen LogP contribution in [-0.4, -0.2) is 36.2 Å². The number of hydrogen-bond donors (Lipinski definition) is 3. The maximum Gasteiger partial charge on any atom is 0.363 e. The van der Waals surface area contributed by atoms with Crippen LogP contribution in [0.4, 0.5) is 11.4 Å². The number of hydrogen-bond acceptors (Lipinski definition) is 8. The minimum atomic E-state index is -3.77. The highest BCUT2D eigenvalue weighted by atomic mass is 32.2. The molecule has 4 N–H and O–H groups in total. The number of aliphatic hydroxyl groups is 1. The third kappa shape index (κ3) is 6.60. The second-order valence-corrected chi connectivity index (χ2v) is 13.4. The Balaban J connectivity index is 2.21. The molecule has 0 saturated heterocycles. The molecule has 3 rings (SSSR count). The molecule has 1 atom stereocenters. The van der Waals surface area contributed by atoms with Crippen LogP contribution in [0, 0.1) is 5.41 Å². The number of aliphatic hydroxyl groups excluding tert-OH is 1. The quantitative estimate of drug-likeness (QED) is 0.115. The van der Waals surface area contributed by atoms with E-state index in [0.717, 1.165) is 12.0 Å². The van der Waals surface area contributed by atoms with Gasteiger partial charge in [-0.3, -0.25) is 9.36 Å². The molecule has 0 amide bonds. The molecule has 10 heteroatoms. The van der Waals surface area contributed by atoms with Crippen molar-refractivity contribution in [3.63, 3.8) is 0 Å². The van der Waals surface area contributed by atoms with Crippen LogP contribution in [0.1, 0.15) is 65.5 Å². The van der Waals surface area contributed by atoms with Gasteiger partial charge in [-0.15, -0.1) is 0 Å². The predicted molar refractivity (Wildman–Crippen MR) is 162 cm³/mol. The Morgan fingerprint density at radius 1 is 1.15 bits per heavy atom. The fourth-order valence-electron chi connectivity index (χ4n) is 4.64. The number of rotatable bonds is 11. The zero-order valence-corrected chi connectivity index (χ0v) is 25.5. The molecule has 1 unspecified atom stereocenters. The molecule has 1 aliphatic carbocycles. The Labute approximate surface area is 236 Å². The number of fused-ring (bicyclic) bond motifs is 1. The Bertz CT molecular complexity index is 1320. The minimum Gasteiger partial charge on any atom is -0.506 e. The lowest BCUT2D eigenvalue weighted by molar-refractivity contribution is -0.120. The third-order valence-electron chi connectivity index (χ3n) is 6.70. The summed E-state index contributed by atoms with van der Waals surface area (Å²) < 4.78 is 28.1. The zero-order chi connectivity index (χ0) is 29.0. The first-order chi connectivity index (χ1) is 18.3. The van der Waals surface area contributed by atoms with Crippen molar-refractivity contribution in [2.75, 3.05) is 24.2 Å². The lowest BCUT2D eigenvalue weighted by Crippen LogP contribution is -2.42. The van der Waals surface area contributed by atoms with Gasteiger partial charge in [-0.05, 0) is 62.8 Å². The second kappa shape index (κ2) is 12.3. The van der Waals surface area contributed by atoms with E-state index < -0.39 is 13.0 Å². The van der Waals surface area contributed by atoms with E-state index in [4.69, 9.17) is 14.8 Å². The van der Waals surface area contributed by atoms with Crippen LogP contribution in [0.25, 0.3) is 5.76 Å².